The first-order valence-corrected chi connectivity index (χ1v) is 7.20. The first-order chi connectivity index (χ1) is 8.78. The highest BCUT2D eigenvalue weighted by Crippen LogP contribution is 2.29. The summed E-state index contributed by atoms with van der Waals surface area (Å²) in [5, 5.41) is 3.04. The maximum Gasteiger partial charge on any atom is 0.220 e. The van der Waals surface area contributed by atoms with Crippen LogP contribution in [0.2, 0.25) is 0 Å². The molecule has 0 saturated heterocycles. The van der Waals surface area contributed by atoms with E-state index >= 15 is 0 Å². The van der Waals surface area contributed by atoms with Crippen molar-refractivity contribution in [2.45, 2.75) is 38.1 Å². The van der Waals surface area contributed by atoms with Crippen LogP contribution >= 0.6 is 11.6 Å². The van der Waals surface area contributed by atoms with E-state index in [1.54, 1.807) is 0 Å². The number of rotatable bonds is 6. The summed E-state index contributed by atoms with van der Waals surface area (Å²) in [5.41, 5.74) is 1.21. The van der Waals surface area contributed by atoms with E-state index in [2.05, 4.69) is 17.4 Å². The Morgan fingerprint density at radius 3 is 2.61 bits per heavy atom. The highest BCUT2D eigenvalue weighted by atomic mass is 35.5. The predicted octanol–water partition coefficient (Wildman–Crippen LogP) is 3.14. The molecule has 1 atom stereocenters. The van der Waals surface area contributed by atoms with Crippen LogP contribution in [-0.4, -0.2) is 17.8 Å². The van der Waals surface area contributed by atoms with Crippen molar-refractivity contribution < 1.29 is 4.79 Å². The Hall–Kier alpha value is -1.02. The number of hydrogen-bond acceptors (Lipinski definition) is 1. The molecule has 1 amide bonds. The van der Waals surface area contributed by atoms with Crippen LogP contribution in [0.3, 0.4) is 0 Å². The molecule has 98 valence electrons. The summed E-state index contributed by atoms with van der Waals surface area (Å²) >= 11 is 5.93. The van der Waals surface area contributed by atoms with Crippen molar-refractivity contribution in [3.63, 3.8) is 0 Å². The molecular weight excluding hydrogens is 246 g/mol. The molecule has 1 unspecified atom stereocenters. The van der Waals surface area contributed by atoms with Crippen molar-refractivity contribution in [1.29, 1.82) is 0 Å². The van der Waals surface area contributed by atoms with Crippen LogP contribution in [0.15, 0.2) is 30.3 Å². The van der Waals surface area contributed by atoms with Crippen LogP contribution in [0.1, 0.15) is 31.2 Å². The average Bonchev–Trinajstić information content (AvgIpc) is 2.34. The lowest BCUT2D eigenvalue weighted by Gasteiger charge is -2.25. The van der Waals surface area contributed by atoms with Crippen molar-refractivity contribution in [3.05, 3.63) is 35.9 Å². The number of carbonyl (C=O) groups is 1. The first kappa shape index (κ1) is 13.4. The number of carbonyl (C=O) groups excluding carboxylic acids is 1. The lowest BCUT2D eigenvalue weighted by atomic mass is 9.83. The van der Waals surface area contributed by atoms with E-state index in [0.717, 1.165) is 6.42 Å². The van der Waals surface area contributed by atoms with E-state index in [1.165, 1.54) is 24.8 Å². The molecule has 1 aliphatic carbocycles. The van der Waals surface area contributed by atoms with E-state index in [-0.39, 0.29) is 11.9 Å². The Balaban J connectivity index is 1.79. The summed E-state index contributed by atoms with van der Waals surface area (Å²) in [6.45, 7) is 0. The third-order valence-corrected chi connectivity index (χ3v) is 3.95. The lowest BCUT2D eigenvalue weighted by Crippen LogP contribution is -2.39. The van der Waals surface area contributed by atoms with Gasteiger partial charge in [0.15, 0.2) is 0 Å². The van der Waals surface area contributed by atoms with Crippen LogP contribution in [0.5, 0.6) is 0 Å². The standard InChI is InChI=1S/C15H20ClNO/c16-11-14(9-12-5-2-1-3-6-12)17-15(18)10-13-7-4-8-13/h1-3,5-6,13-14H,4,7-11H2,(H,17,18). The fraction of sp³-hybridized carbons (Fsp3) is 0.533. The van der Waals surface area contributed by atoms with Gasteiger partial charge < -0.3 is 5.32 Å². The summed E-state index contributed by atoms with van der Waals surface area (Å²) in [7, 11) is 0. The maximum absolute atomic E-state index is 11.8. The van der Waals surface area contributed by atoms with Gasteiger partial charge in [0.1, 0.15) is 0 Å². The minimum atomic E-state index is 0.0432. The Bertz CT molecular complexity index is 375. The minimum Gasteiger partial charge on any atom is -0.352 e. The van der Waals surface area contributed by atoms with Crippen molar-refractivity contribution in [2.75, 3.05) is 5.88 Å². The summed E-state index contributed by atoms with van der Waals surface area (Å²) in [4.78, 5) is 11.8. The summed E-state index contributed by atoms with van der Waals surface area (Å²) in [5.74, 6) is 1.23. The highest BCUT2D eigenvalue weighted by Gasteiger charge is 2.21. The molecule has 1 saturated carbocycles. The second-order valence-corrected chi connectivity index (χ2v) is 5.42. The van der Waals surface area contributed by atoms with Crippen LogP contribution in [-0.2, 0) is 11.2 Å². The van der Waals surface area contributed by atoms with E-state index in [0.29, 0.717) is 18.2 Å². The molecule has 1 aromatic rings. The second-order valence-electron chi connectivity index (χ2n) is 5.11. The van der Waals surface area contributed by atoms with E-state index in [4.69, 9.17) is 11.6 Å². The van der Waals surface area contributed by atoms with Gasteiger partial charge in [0, 0.05) is 18.3 Å². The Morgan fingerprint density at radius 2 is 2.06 bits per heavy atom. The molecule has 0 radical (unpaired) electrons. The topological polar surface area (TPSA) is 29.1 Å². The van der Waals surface area contributed by atoms with E-state index in [1.807, 2.05) is 18.2 Å². The maximum atomic E-state index is 11.8. The van der Waals surface area contributed by atoms with Gasteiger partial charge in [-0.3, -0.25) is 4.79 Å². The van der Waals surface area contributed by atoms with Gasteiger partial charge in [0.05, 0.1) is 0 Å². The predicted molar refractivity (Wildman–Crippen MR) is 74.8 cm³/mol. The SMILES string of the molecule is O=C(CC1CCC1)NC(CCl)Cc1ccccc1. The summed E-state index contributed by atoms with van der Waals surface area (Å²) in [6, 6.07) is 10.2. The largest absolute Gasteiger partial charge is 0.352 e. The Kier molecular flexibility index (Phi) is 5.06. The van der Waals surface area contributed by atoms with Gasteiger partial charge in [-0.25, -0.2) is 0 Å². The third-order valence-electron chi connectivity index (χ3n) is 3.58. The monoisotopic (exact) mass is 265 g/mol. The number of nitrogens with one attached hydrogen (secondary N) is 1. The Morgan fingerprint density at radius 1 is 1.33 bits per heavy atom. The molecular formula is C15H20ClNO. The molecule has 2 rings (SSSR count). The van der Waals surface area contributed by atoms with Crippen molar-refractivity contribution in [1.82, 2.24) is 5.32 Å². The van der Waals surface area contributed by atoms with Gasteiger partial charge in [0.2, 0.25) is 5.91 Å². The molecule has 18 heavy (non-hydrogen) atoms. The zero-order valence-corrected chi connectivity index (χ0v) is 11.3. The number of hydrogen-bond donors (Lipinski definition) is 1. The highest BCUT2D eigenvalue weighted by molar-refractivity contribution is 6.18. The first-order valence-electron chi connectivity index (χ1n) is 6.67. The molecule has 1 aromatic carbocycles. The number of halogens is 1. The zero-order chi connectivity index (χ0) is 12.8. The van der Waals surface area contributed by atoms with Crippen LogP contribution in [0.25, 0.3) is 0 Å². The summed E-state index contributed by atoms with van der Waals surface area (Å²) in [6.07, 6.45) is 5.17. The molecule has 0 aromatic heterocycles. The molecule has 3 heteroatoms. The van der Waals surface area contributed by atoms with Gasteiger partial charge in [-0.2, -0.15) is 0 Å². The van der Waals surface area contributed by atoms with Gasteiger partial charge in [-0.05, 0) is 30.7 Å². The smallest absolute Gasteiger partial charge is 0.220 e. The number of amides is 1. The van der Waals surface area contributed by atoms with Crippen molar-refractivity contribution >= 4 is 17.5 Å². The van der Waals surface area contributed by atoms with Crippen LogP contribution in [0.4, 0.5) is 0 Å². The minimum absolute atomic E-state index is 0.0432. The second kappa shape index (κ2) is 6.79. The van der Waals surface area contributed by atoms with Gasteiger partial charge in [-0.15, -0.1) is 11.6 Å². The average molecular weight is 266 g/mol. The quantitative estimate of drug-likeness (QED) is 0.787. The summed E-state index contributed by atoms with van der Waals surface area (Å²) < 4.78 is 0. The van der Waals surface area contributed by atoms with Crippen LogP contribution < -0.4 is 5.32 Å². The zero-order valence-electron chi connectivity index (χ0n) is 10.6. The molecule has 1 fully saturated rings. The molecule has 2 nitrogen and oxygen atoms in total. The molecule has 1 N–H and O–H groups in total. The lowest BCUT2D eigenvalue weighted by molar-refractivity contribution is -0.123. The molecule has 0 heterocycles. The fourth-order valence-electron chi connectivity index (χ4n) is 2.29. The Labute approximate surface area is 114 Å². The fourth-order valence-corrected chi connectivity index (χ4v) is 2.47. The third kappa shape index (κ3) is 4.02. The molecule has 0 bridgehead atoms. The van der Waals surface area contributed by atoms with E-state index < -0.39 is 0 Å². The van der Waals surface area contributed by atoms with Crippen LogP contribution in [0, 0.1) is 5.92 Å². The van der Waals surface area contributed by atoms with Crippen molar-refractivity contribution in [2.24, 2.45) is 5.92 Å². The number of alkyl halides is 1. The molecule has 0 spiro atoms. The molecule has 0 aliphatic heterocycles. The molecule has 1 aliphatic rings. The number of benzene rings is 1. The van der Waals surface area contributed by atoms with Gasteiger partial charge in [-0.1, -0.05) is 36.8 Å². The van der Waals surface area contributed by atoms with Gasteiger partial charge >= 0.3 is 0 Å². The van der Waals surface area contributed by atoms with Gasteiger partial charge in [0.25, 0.3) is 0 Å². The normalized spacial score (nSPS) is 16.9. The van der Waals surface area contributed by atoms with Crippen molar-refractivity contribution in [3.8, 4) is 0 Å². The van der Waals surface area contributed by atoms with E-state index in [9.17, 15) is 4.79 Å².